The number of aliphatic carboxylic acids is 1. The SMILES string of the molecule is CCC(=O)O.O.[Be+2].[H-].[H-]. The predicted molar refractivity (Wildman–Crippen MR) is 29.5 cm³/mol. The summed E-state index contributed by atoms with van der Waals surface area (Å²) in [6.45, 7) is 1.60. The Morgan fingerprint density at radius 2 is 2.00 bits per heavy atom. The molecule has 0 atom stereocenters. The maximum Gasteiger partial charge on any atom is 2.00 e. The third kappa shape index (κ3) is 28.4. The zero-order valence-corrected chi connectivity index (χ0v) is 4.27. The Kier molecular flexibility index (Phi) is 20.9. The third-order valence-electron chi connectivity index (χ3n) is 0.302. The van der Waals surface area contributed by atoms with Gasteiger partial charge in [-0.2, -0.15) is 0 Å². The van der Waals surface area contributed by atoms with Crippen molar-refractivity contribution in [1.29, 1.82) is 0 Å². The van der Waals surface area contributed by atoms with Crippen molar-refractivity contribution < 1.29 is 18.2 Å². The minimum absolute atomic E-state index is 0. The molecular weight excluding hydrogens is 93.0 g/mol. The molecule has 0 spiro atoms. The van der Waals surface area contributed by atoms with E-state index in [4.69, 9.17) is 5.11 Å². The van der Waals surface area contributed by atoms with E-state index in [9.17, 15) is 4.79 Å². The van der Waals surface area contributed by atoms with Crippen molar-refractivity contribution in [2.45, 2.75) is 13.3 Å². The van der Waals surface area contributed by atoms with Gasteiger partial charge in [0.15, 0.2) is 0 Å². The second-order valence-corrected chi connectivity index (χ2v) is 0.747. The van der Waals surface area contributed by atoms with Gasteiger partial charge in [-0.3, -0.25) is 4.79 Å². The van der Waals surface area contributed by atoms with E-state index in [0.29, 0.717) is 0 Å². The topological polar surface area (TPSA) is 68.8 Å². The van der Waals surface area contributed by atoms with Crippen LogP contribution < -0.4 is 0 Å². The van der Waals surface area contributed by atoms with Crippen LogP contribution in [0.1, 0.15) is 16.2 Å². The fourth-order valence-electron chi connectivity index (χ4n) is 0. The van der Waals surface area contributed by atoms with Crippen molar-refractivity contribution in [2.75, 3.05) is 0 Å². The van der Waals surface area contributed by atoms with Crippen LogP contribution in [0.3, 0.4) is 0 Å². The molecule has 4 heteroatoms. The van der Waals surface area contributed by atoms with Crippen molar-refractivity contribution in [3.05, 3.63) is 0 Å². The van der Waals surface area contributed by atoms with Crippen molar-refractivity contribution >= 4 is 16.1 Å². The second kappa shape index (κ2) is 9.14. The van der Waals surface area contributed by atoms with E-state index < -0.39 is 5.97 Å². The fraction of sp³-hybridized carbons (Fsp3) is 0.667. The molecule has 0 unspecified atom stereocenters. The van der Waals surface area contributed by atoms with Crippen LogP contribution in [0.5, 0.6) is 0 Å². The molecule has 0 fully saturated rings. The van der Waals surface area contributed by atoms with Crippen LogP contribution in [0.4, 0.5) is 0 Å². The number of hydrogen-bond acceptors (Lipinski definition) is 1. The summed E-state index contributed by atoms with van der Waals surface area (Å²) in [5, 5.41) is 7.72. The number of carboxylic acids is 1. The molecule has 3 N–H and O–H groups in total. The number of rotatable bonds is 1. The Balaban J connectivity index is -0.0000000133. The smallest absolute Gasteiger partial charge is 1.00 e. The van der Waals surface area contributed by atoms with Crippen molar-refractivity contribution in [3.63, 3.8) is 0 Å². The molecule has 0 aromatic rings. The molecule has 0 rings (SSSR count). The molecule has 3 nitrogen and oxygen atoms in total. The van der Waals surface area contributed by atoms with E-state index in [0.717, 1.165) is 0 Å². The van der Waals surface area contributed by atoms with Crippen LogP contribution in [0.15, 0.2) is 0 Å². The average molecular weight is 103 g/mol. The zero-order chi connectivity index (χ0) is 4.28. The van der Waals surface area contributed by atoms with Crippen molar-refractivity contribution in [2.24, 2.45) is 0 Å². The Morgan fingerprint density at radius 3 is 2.00 bits per heavy atom. The van der Waals surface area contributed by atoms with Crippen LogP contribution in [-0.4, -0.2) is 26.7 Å². The van der Waals surface area contributed by atoms with Gasteiger partial charge in [0, 0.05) is 6.42 Å². The summed E-state index contributed by atoms with van der Waals surface area (Å²) in [5.74, 6) is -0.745. The molecule has 0 aliphatic carbocycles. The largest absolute Gasteiger partial charge is 2.00 e. The van der Waals surface area contributed by atoms with E-state index in [1.54, 1.807) is 6.92 Å². The molecule has 0 aliphatic heterocycles. The first-order valence-corrected chi connectivity index (χ1v) is 1.49. The second-order valence-electron chi connectivity index (χ2n) is 0.747. The van der Waals surface area contributed by atoms with E-state index in [-0.39, 0.29) is 24.9 Å². The van der Waals surface area contributed by atoms with Gasteiger partial charge in [-0.25, -0.2) is 0 Å². The maximum atomic E-state index is 9.37. The van der Waals surface area contributed by atoms with Gasteiger partial charge in [-0.15, -0.1) is 0 Å². The first-order valence-electron chi connectivity index (χ1n) is 1.49. The third-order valence-corrected chi connectivity index (χ3v) is 0.302. The minimum Gasteiger partial charge on any atom is -1.00 e. The summed E-state index contributed by atoms with van der Waals surface area (Å²) >= 11 is 0. The quantitative estimate of drug-likeness (QED) is 0.454. The van der Waals surface area contributed by atoms with E-state index in [1.807, 2.05) is 0 Å². The van der Waals surface area contributed by atoms with Crippen LogP contribution in [0.25, 0.3) is 0 Å². The summed E-state index contributed by atoms with van der Waals surface area (Å²) in [5.41, 5.74) is 0. The summed E-state index contributed by atoms with van der Waals surface area (Å²) in [6.07, 6.45) is 0.222. The Labute approximate surface area is 48.8 Å². The molecule has 0 aromatic carbocycles. The fourth-order valence-corrected chi connectivity index (χ4v) is 0. The molecule has 7 heavy (non-hydrogen) atoms. The molecule has 42 valence electrons. The molecule has 0 aromatic heterocycles. The molecule has 0 heterocycles. The summed E-state index contributed by atoms with van der Waals surface area (Å²) in [4.78, 5) is 9.37. The van der Waals surface area contributed by atoms with E-state index in [1.165, 1.54) is 0 Å². The van der Waals surface area contributed by atoms with Gasteiger partial charge in [-0.1, -0.05) is 6.92 Å². The van der Waals surface area contributed by atoms with Gasteiger partial charge in [0.05, 0.1) is 0 Å². The Bertz CT molecular complexity index is 52.3. The summed E-state index contributed by atoms with van der Waals surface area (Å²) in [6, 6.07) is 0. The Hall–Kier alpha value is -0.401. The van der Waals surface area contributed by atoms with Gasteiger partial charge < -0.3 is 13.4 Å². The molecule has 0 saturated heterocycles. The summed E-state index contributed by atoms with van der Waals surface area (Å²) in [7, 11) is 0. The molecular formula is C3H10BeO3. The summed E-state index contributed by atoms with van der Waals surface area (Å²) < 4.78 is 0. The van der Waals surface area contributed by atoms with Crippen LogP contribution in [0, 0.1) is 0 Å². The van der Waals surface area contributed by atoms with Gasteiger partial charge in [-0.05, 0) is 0 Å². The molecule has 0 radical (unpaired) electrons. The molecule has 0 amide bonds. The van der Waals surface area contributed by atoms with Crippen molar-refractivity contribution in [1.82, 2.24) is 0 Å². The number of hydrogen-bond donors (Lipinski definition) is 1. The molecule has 0 bridgehead atoms. The first kappa shape index (κ1) is 16.0. The standard InChI is InChI=1S/C3H6O2.Be.H2O.2H/c1-2-3(4)5;;;;/h2H2,1H3,(H,4,5);;1H2;;/q;+2;;2*-1. The van der Waals surface area contributed by atoms with Gasteiger partial charge >= 0.3 is 16.1 Å². The minimum atomic E-state index is -0.745. The molecule has 0 saturated carbocycles. The molecule has 0 aliphatic rings. The van der Waals surface area contributed by atoms with E-state index >= 15 is 0 Å². The van der Waals surface area contributed by atoms with Gasteiger partial charge in [0.25, 0.3) is 0 Å². The van der Waals surface area contributed by atoms with Crippen LogP contribution in [0.2, 0.25) is 0 Å². The predicted octanol–water partition coefficient (Wildman–Crippen LogP) is -0.499. The monoisotopic (exact) mass is 103 g/mol. The van der Waals surface area contributed by atoms with Gasteiger partial charge in [0.2, 0.25) is 0 Å². The van der Waals surface area contributed by atoms with Gasteiger partial charge in [0.1, 0.15) is 0 Å². The maximum absolute atomic E-state index is 9.37. The van der Waals surface area contributed by atoms with E-state index in [2.05, 4.69) is 0 Å². The Morgan fingerprint density at radius 1 is 1.86 bits per heavy atom. The number of carbonyl (C=O) groups is 1. The number of carboxylic acid groups (broad SMARTS) is 1. The van der Waals surface area contributed by atoms with Crippen LogP contribution >= 0.6 is 0 Å². The zero-order valence-electron chi connectivity index (χ0n) is 6.27. The average Bonchev–Trinajstić information content (AvgIpc) is 1.38. The van der Waals surface area contributed by atoms with Crippen molar-refractivity contribution in [3.8, 4) is 0 Å². The first-order chi connectivity index (χ1) is 2.27. The normalized spacial score (nSPS) is 5.29. The van der Waals surface area contributed by atoms with Crippen LogP contribution in [-0.2, 0) is 4.79 Å².